The molecule has 0 bridgehead atoms. The Morgan fingerprint density at radius 3 is 2.05 bits per heavy atom. The molecule has 0 aliphatic carbocycles. The minimum atomic E-state index is 0.686. The van der Waals surface area contributed by atoms with Gasteiger partial charge in [-0.2, -0.15) is 0 Å². The monoisotopic (exact) mass is 527 g/mol. The maximum atomic E-state index is 5.23. The Morgan fingerprint density at radius 1 is 0.475 bits per heavy atom. The quantitative estimate of drug-likeness (QED) is 0.224. The Balaban J connectivity index is 1.41. The topological polar surface area (TPSA) is 30.7 Å². The average molecular weight is 528 g/mol. The third-order valence-corrected chi connectivity index (χ3v) is 9.23. The highest BCUT2D eigenvalue weighted by atomic mass is 32.1. The van der Waals surface area contributed by atoms with Crippen molar-refractivity contribution < 1.29 is 0 Å². The molecule has 3 nitrogen and oxygen atoms in total. The first-order valence-electron chi connectivity index (χ1n) is 13.4. The minimum absolute atomic E-state index is 0.686. The van der Waals surface area contributed by atoms with Gasteiger partial charge in [-0.25, -0.2) is 9.97 Å². The maximum absolute atomic E-state index is 5.23. The molecule has 0 N–H and O–H groups in total. The number of thiophene rings is 1. The molecule has 9 rings (SSSR count). The van der Waals surface area contributed by atoms with E-state index in [9.17, 15) is 0 Å². The van der Waals surface area contributed by atoms with Crippen LogP contribution in [0.4, 0.5) is 0 Å². The van der Waals surface area contributed by atoms with Gasteiger partial charge in [-0.15, -0.1) is 11.3 Å². The fourth-order valence-electron chi connectivity index (χ4n) is 6.25. The lowest BCUT2D eigenvalue weighted by atomic mass is 10.0. The van der Waals surface area contributed by atoms with Crippen LogP contribution < -0.4 is 0 Å². The van der Waals surface area contributed by atoms with E-state index in [1.54, 1.807) is 0 Å². The molecule has 0 aliphatic heterocycles. The molecule has 0 saturated heterocycles. The lowest BCUT2D eigenvalue weighted by molar-refractivity contribution is 1.01. The summed E-state index contributed by atoms with van der Waals surface area (Å²) >= 11 is 1.88. The van der Waals surface area contributed by atoms with Crippen molar-refractivity contribution in [2.24, 2.45) is 0 Å². The fourth-order valence-corrected chi connectivity index (χ4v) is 7.48. The van der Waals surface area contributed by atoms with Crippen molar-refractivity contribution in [3.05, 3.63) is 127 Å². The van der Waals surface area contributed by atoms with Gasteiger partial charge in [0.2, 0.25) is 5.95 Å². The second-order valence-electron chi connectivity index (χ2n) is 10.2. The van der Waals surface area contributed by atoms with Crippen LogP contribution in [0.25, 0.3) is 80.9 Å². The maximum Gasteiger partial charge on any atom is 0.235 e. The first-order valence-corrected chi connectivity index (χ1v) is 14.3. The summed E-state index contributed by atoms with van der Waals surface area (Å²) in [5.41, 5.74) is 5.19. The summed E-state index contributed by atoms with van der Waals surface area (Å²) in [7, 11) is 0. The number of aromatic nitrogens is 3. The van der Waals surface area contributed by atoms with Crippen molar-refractivity contribution in [3.8, 4) is 17.2 Å². The molecule has 0 saturated carbocycles. The second-order valence-corrected chi connectivity index (χ2v) is 11.3. The zero-order valence-electron chi connectivity index (χ0n) is 21.4. The van der Waals surface area contributed by atoms with Gasteiger partial charge in [-0.05, 0) is 29.7 Å². The van der Waals surface area contributed by atoms with Gasteiger partial charge in [0.15, 0.2) is 0 Å². The van der Waals surface area contributed by atoms with E-state index in [0.29, 0.717) is 5.95 Å². The van der Waals surface area contributed by atoms with E-state index in [4.69, 9.17) is 9.97 Å². The third-order valence-electron chi connectivity index (χ3n) is 8.01. The molecular formula is C36H21N3S. The predicted octanol–water partition coefficient (Wildman–Crippen LogP) is 9.91. The molecule has 4 heteroatoms. The van der Waals surface area contributed by atoms with E-state index in [2.05, 4.69) is 120 Å². The Morgan fingerprint density at radius 2 is 1.15 bits per heavy atom. The molecule has 0 unspecified atom stereocenters. The number of benzene rings is 6. The second kappa shape index (κ2) is 8.22. The van der Waals surface area contributed by atoms with Gasteiger partial charge < -0.3 is 0 Å². The van der Waals surface area contributed by atoms with Crippen LogP contribution in [0, 0.1) is 0 Å². The van der Waals surface area contributed by atoms with Crippen LogP contribution in [0.15, 0.2) is 127 Å². The van der Waals surface area contributed by atoms with E-state index < -0.39 is 0 Å². The summed E-state index contributed by atoms with van der Waals surface area (Å²) in [6.07, 6.45) is 0. The molecule has 0 amide bonds. The smallest absolute Gasteiger partial charge is 0.235 e. The van der Waals surface area contributed by atoms with Crippen molar-refractivity contribution in [1.82, 2.24) is 14.5 Å². The van der Waals surface area contributed by atoms with Gasteiger partial charge in [-0.1, -0.05) is 103 Å². The number of rotatable bonds is 2. The van der Waals surface area contributed by atoms with Crippen LogP contribution in [0.2, 0.25) is 0 Å². The first kappa shape index (κ1) is 21.8. The van der Waals surface area contributed by atoms with Gasteiger partial charge in [0.25, 0.3) is 0 Å². The molecular weight excluding hydrogens is 506 g/mol. The van der Waals surface area contributed by atoms with Crippen LogP contribution in [0.5, 0.6) is 0 Å². The molecule has 0 radical (unpaired) electrons. The van der Waals surface area contributed by atoms with Crippen LogP contribution in [0.3, 0.4) is 0 Å². The van der Waals surface area contributed by atoms with Crippen LogP contribution >= 0.6 is 11.3 Å². The van der Waals surface area contributed by atoms with Crippen molar-refractivity contribution in [2.45, 2.75) is 0 Å². The molecule has 40 heavy (non-hydrogen) atoms. The highest BCUT2D eigenvalue weighted by molar-refractivity contribution is 7.26. The molecule has 0 spiro atoms. The number of nitrogens with zero attached hydrogens (tertiary/aromatic N) is 3. The van der Waals surface area contributed by atoms with E-state index in [-0.39, 0.29) is 0 Å². The van der Waals surface area contributed by atoms with Gasteiger partial charge in [0.1, 0.15) is 0 Å². The lowest BCUT2D eigenvalue weighted by Crippen LogP contribution is -2.03. The van der Waals surface area contributed by atoms with Crippen LogP contribution in [0.1, 0.15) is 0 Å². The molecule has 3 aromatic heterocycles. The zero-order chi connectivity index (χ0) is 26.2. The standard InChI is InChI=1S/C36H21N3S/c1-2-10-22(11-3-1)34-27-13-4-7-15-29(27)37-36(38-34)39-30-16-8-5-14-28(30)33-24-18-19-25-23-12-6-9-17-32(23)40-35(25)26(24)20-21-31(33)39/h1-21H. The van der Waals surface area contributed by atoms with E-state index in [0.717, 1.165) is 33.2 Å². The molecule has 0 aliphatic rings. The van der Waals surface area contributed by atoms with Gasteiger partial charge in [-0.3, -0.25) is 4.57 Å². The summed E-state index contributed by atoms with van der Waals surface area (Å²) in [5.74, 6) is 0.686. The van der Waals surface area contributed by atoms with E-state index in [1.165, 1.54) is 41.7 Å². The highest BCUT2D eigenvalue weighted by Crippen LogP contribution is 2.43. The number of para-hydroxylation sites is 2. The largest absolute Gasteiger partial charge is 0.278 e. The van der Waals surface area contributed by atoms with Crippen molar-refractivity contribution in [3.63, 3.8) is 0 Å². The van der Waals surface area contributed by atoms with Gasteiger partial charge in [0.05, 0.1) is 22.2 Å². The van der Waals surface area contributed by atoms with E-state index >= 15 is 0 Å². The Hall–Kier alpha value is -5.06. The first-order chi connectivity index (χ1) is 19.8. The summed E-state index contributed by atoms with van der Waals surface area (Å²) in [5, 5.41) is 8.70. The fraction of sp³-hybridized carbons (Fsp3) is 0. The molecule has 0 atom stereocenters. The molecule has 3 heterocycles. The number of fused-ring (bicyclic) bond motifs is 10. The Labute approximate surface area is 233 Å². The van der Waals surface area contributed by atoms with Crippen LogP contribution in [-0.4, -0.2) is 14.5 Å². The minimum Gasteiger partial charge on any atom is -0.278 e. The summed E-state index contributed by atoms with van der Waals surface area (Å²) in [6, 6.07) is 45.1. The molecule has 9 aromatic rings. The Kier molecular flexibility index (Phi) is 4.48. The molecule has 0 fully saturated rings. The third kappa shape index (κ3) is 2.99. The molecule has 186 valence electrons. The normalized spacial score (nSPS) is 12.0. The van der Waals surface area contributed by atoms with E-state index in [1.807, 2.05) is 23.5 Å². The summed E-state index contributed by atoms with van der Waals surface area (Å²) in [6.45, 7) is 0. The predicted molar refractivity (Wildman–Crippen MR) is 170 cm³/mol. The summed E-state index contributed by atoms with van der Waals surface area (Å²) < 4.78 is 4.90. The van der Waals surface area contributed by atoms with Crippen LogP contribution in [-0.2, 0) is 0 Å². The average Bonchev–Trinajstić information content (AvgIpc) is 3.57. The summed E-state index contributed by atoms with van der Waals surface area (Å²) in [4.78, 5) is 10.3. The van der Waals surface area contributed by atoms with Crippen molar-refractivity contribution in [2.75, 3.05) is 0 Å². The molecule has 6 aromatic carbocycles. The number of hydrogen-bond acceptors (Lipinski definition) is 3. The van der Waals surface area contributed by atoms with Gasteiger partial charge in [0, 0.05) is 47.3 Å². The SMILES string of the molecule is c1ccc(-c2nc(-n3c4ccccc4c4c5ccc6c7ccccc7sc6c5ccc43)nc3ccccc23)cc1. The zero-order valence-corrected chi connectivity index (χ0v) is 22.2. The highest BCUT2D eigenvalue weighted by Gasteiger charge is 2.19. The Bertz CT molecular complexity index is 2430. The number of hydrogen-bond donors (Lipinski definition) is 0. The van der Waals surface area contributed by atoms with Crippen molar-refractivity contribution >= 4 is 75.0 Å². The lowest BCUT2D eigenvalue weighted by Gasteiger charge is -2.12. The van der Waals surface area contributed by atoms with Gasteiger partial charge >= 0.3 is 0 Å². The van der Waals surface area contributed by atoms with Crippen molar-refractivity contribution in [1.29, 1.82) is 0 Å².